The summed E-state index contributed by atoms with van der Waals surface area (Å²) in [7, 11) is 0. The van der Waals surface area contributed by atoms with Gasteiger partial charge in [0, 0.05) is 11.1 Å². The first-order chi connectivity index (χ1) is 11.2. The summed E-state index contributed by atoms with van der Waals surface area (Å²) < 4.78 is 78.0. The highest BCUT2D eigenvalue weighted by atomic mass is 32.2. The molecule has 1 unspecified atom stereocenters. The lowest BCUT2D eigenvalue weighted by atomic mass is 9.90. The van der Waals surface area contributed by atoms with Gasteiger partial charge in [0.15, 0.2) is 5.17 Å². The van der Waals surface area contributed by atoms with Crippen molar-refractivity contribution in [3.05, 3.63) is 46.7 Å². The molecule has 2 nitrogen and oxygen atoms in total. The largest absolute Gasteiger partial charge is 0.416 e. The molecule has 138 valence electrons. The molecule has 0 radical (unpaired) electrons. The van der Waals surface area contributed by atoms with Crippen LogP contribution in [-0.2, 0) is 12.4 Å². The average Bonchev–Trinajstić information content (AvgIpc) is 2.43. The third-order valence-electron chi connectivity index (χ3n) is 3.49. The number of nitrogens with two attached hydrogens (primary N) is 1. The summed E-state index contributed by atoms with van der Waals surface area (Å²) in [5.41, 5.74) is 2.99. The lowest BCUT2D eigenvalue weighted by Gasteiger charge is -2.27. The number of hydrogen-bond donors (Lipinski definition) is 1. The van der Waals surface area contributed by atoms with Crippen LogP contribution in [0.25, 0.3) is 0 Å². The minimum atomic E-state index is -4.88. The van der Waals surface area contributed by atoms with Gasteiger partial charge in [0.1, 0.15) is 0 Å². The smallest absolute Gasteiger partial charge is 0.378 e. The Labute approximate surface area is 145 Å². The van der Waals surface area contributed by atoms with E-state index < -0.39 is 34.1 Å². The summed E-state index contributed by atoms with van der Waals surface area (Å²) in [5, 5.41) is -0.682. The average molecular weight is 382 g/mol. The number of alkyl halides is 6. The molecule has 0 fully saturated rings. The van der Waals surface area contributed by atoms with E-state index in [1.54, 1.807) is 6.08 Å². The summed E-state index contributed by atoms with van der Waals surface area (Å²) in [5.74, 6) is 0. The van der Waals surface area contributed by atoms with Crippen molar-refractivity contribution in [3.63, 3.8) is 0 Å². The predicted molar refractivity (Wildman–Crippen MR) is 85.9 cm³/mol. The van der Waals surface area contributed by atoms with Gasteiger partial charge >= 0.3 is 12.4 Å². The molecule has 0 bridgehead atoms. The Hall–Kier alpha value is -1.64. The van der Waals surface area contributed by atoms with E-state index in [4.69, 9.17) is 5.73 Å². The second-order valence-electron chi connectivity index (χ2n) is 6.63. The van der Waals surface area contributed by atoms with Gasteiger partial charge in [-0.05, 0) is 29.8 Å². The highest BCUT2D eigenvalue weighted by molar-refractivity contribution is 8.14. The summed E-state index contributed by atoms with van der Waals surface area (Å²) in [6.07, 6.45) is -8.21. The van der Waals surface area contributed by atoms with Crippen molar-refractivity contribution in [2.24, 2.45) is 16.1 Å². The maximum atomic E-state index is 13.0. The van der Waals surface area contributed by atoms with Crippen LogP contribution in [0.15, 0.2) is 35.0 Å². The molecule has 25 heavy (non-hydrogen) atoms. The molecular weight excluding hydrogens is 366 g/mol. The van der Waals surface area contributed by atoms with Crippen molar-refractivity contribution in [3.8, 4) is 0 Å². The van der Waals surface area contributed by atoms with Crippen LogP contribution in [0.2, 0.25) is 0 Å². The van der Waals surface area contributed by atoms with Gasteiger partial charge < -0.3 is 5.73 Å². The third kappa shape index (κ3) is 4.71. The van der Waals surface area contributed by atoms with Crippen molar-refractivity contribution < 1.29 is 26.3 Å². The van der Waals surface area contributed by atoms with Crippen LogP contribution in [0.5, 0.6) is 0 Å². The second-order valence-corrected chi connectivity index (χ2v) is 7.79. The first-order valence-electron chi connectivity index (χ1n) is 7.20. The number of benzene rings is 1. The van der Waals surface area contributed by atoms with Crippen molar-refractivity contribution in [1.82, 2.24) is 0 Å². The molecule has 0 saturated carbocycles. The molecule has 2 rings (SSSR count). The molecule has 2 N–H and O–H groups in total. The Balaban J connectivity index is 2.59. The van der Waals surface area contributed by atoms with Gasteiger partial charge in [0.25, 0.3) is 0 Å². The van der Waals surface area contributed by atoms with Gasteiger partial charge in [-0.1, -0.05) is 32.5 Å². The summed E-state index contributed by atoms with van der Waals surface area (Å²) in [6.45, 7) is 5.49. The van der Waals surface area contributed by atoms with E-state index >= 15 is 0 Å². The standard InChI is InChI=1S/C16H16F6N2S/c1-14(2,3)12-7-11(25-13(23)24-12)8-4-9(15(17,18)19)6-10(5-8)16(20,21)22/h4-7,11H,1-3H3,(H2,23,24). The summed E-state index contributed by atoms with van der Waals surface area (Å²) in [4.78, 5) is 4.15. The van der Waals surface area contributed by atoms with Crippen molar-refractivity contribution in [1.29, 1.82) is 0 Å². The van der Waals surface area contributed by atoms with Crippen LogP contribution in [0.4, 0.5) is 26.3 Å². The van der Waals surface area contributed by atoms with Gasteiger partial charge in [-0.3, -0.25) is 0 Å². The first-order valence-corrected chi connectivity index (χ1v) is 8.08. The van der Waals surface area contributed by atoms with Crippen molar-refractivity contribution in [2.45, 2.75) is 38.4 Å². The molecule has 1 aromatic rings. The van der Waals surface area contributed by atoms with Gasteiger partial charge in [-0.15, -0.1) is 0 Å². The van der Waals surface area contributed by atoms with Crippen molar-refractivity contribution in [2.75, 3.05) is 0 Å². The molecule has 1 aliphatic heterocycles. The van der Waals surface area contributed by atoms with Crippen LogP contribution in [0.3, 0.4) is 0 Å². The van der Waals surface area contributed by atoms with E-state index in [2.05, 4.69) is 4.99 Å². The third-order valence-corrected chi connectivity index (χ3v) is 4.49. The number of rotatable bonds is 1. The van der Waals surface area contributed by atoms with Crippen LogP contribution in [0, 0.1) is 5.41 Å². The highest BCUT2D eigenvalue weighted by Crippen LogP contribution is 2.43. The van der Waals surface area contributed by atoms with Crippen molar-refractivity contribution >= 4 is 16.9 Å². The van der Waals surface area contributed by atoms with E-state index in [1.807, 2.05) is 20.8 Å². The molecule has 1 aromatic carbocycles. The molecular formula is C16H16F6N2S. The van der Waals surface area contributed by atoms with E-state index in [0.29, 0.717) is 5.70 Å². The van der Waals surface area contributed by atoms with Crippen LogP contribution < -0.4 is 5.73 Å². The number of halogens is 6. The minimum Gasteiger partial charge on any atom is -0.378 e. The first kappa shape index (κ1) is 19.7. The quantitative estimate of drug-likeness (QED) is 0.628. The Kier molecular flexibility index (Phi) is 4.93. The molecule has 0 spiro atoms. The number of hydrogen-bond acceptors (Lipinski definition) is 3. The van der Waals surface area contributed by atoms with E-state index in [-0.39, 0.29) is 16.8 Å². The number of nitrogens with zero attached hydrogens (tertiary/aromatic N) is 1. The Morgan fingerprint density at radius 3 is 1.80 bits per heavy atom. The number of amidine groups is 1. The number of aliphatic imine (C=N–C) groups is 1. The summed E-state index contributed by atoms with van der Waals surface area (Å²) >= 11 is 0.915. The molecule has 1 atom stereocenters. The SMILES string of the molecule is CC(C)(C)C1=CC(c2cc(C(F)(F)F)cc(C(F)(F)F)c2)SC(N)=N1. The minimum absolute atomic E-state index is 0.100. The Bertz CT molecular complexity index is 693. The van der Waals surface area contributed by atoms with E-state index in [9.17, 15) is 26.3 Å². The van der Waals surface area contributed by atoms with Gasteiger partial charge in [0.05, 0.1) is 16.4 Å². The van der Waals surface area contributed by atoms with Crippen LogP contribution >= 0.6 is 11.8 Å². The molecule has 0 amide bonds. The second kappa shape index (κ2) is 6.26. The highest BCUT2D eigenvalue weighted by Gasteiger charge is 2.38. The summed E-state index contributed by atoms with van der Waals surface area (Å²) in [6, 6.07) is 1.56. The fourth-order valence-electron chi connectivity index (χ4n) is 2.22. The molecule has 0 aromatic heterocycles. The fraction of sp³-hybridized carbons (Fsp3) is 0.438. The predicted octanol–water partition coefficient (Wildman–Crippen LogP) is 5.76. The maximum Gasteiger partial charge on any atom is 0.416 e. The normalized spacial score (nSPS) is 19.5. The molecule has 9 heteroatoms. The topological polar surface area (TPSA) is 38.4 Å². The Morgan fingerprint density at radius 2 is 1.40 bits per heavy atom. The molecule has 1 aliphatic rings. The lowest BCUT2D eigenvalue weighted by molar-refractivity contribution is -0.143. The monoisotopic (exact) mass is 382 g/mol. The van der Waals surface area contributed by atoms with Gasteiger partial charge in [-0.2, -0.15) is 26.3 Å². The maximum absolute atomic E-state index is 13.0. The molecule has 0 aliphatic carbocycles. The van der Waals surface area contributed by atoms with E-state index in [1.165, 1.54) is 0 Å². The lowest BCUT2D eigenvalue weighted by Crippen LogP contribution is -2.19. The zero-order valence-electron chi connectivity index (χ0n) is 13.6. The zero-order chi connectivity index (χ0) is 19.2. The van der Waals surface area contributed by atoms with Crippen LogP contribution in [0.1, 0.15) is 42.7 Å². The number of allylic oxidation sites excluding steroid dienone is 1. The van der Waals surface area contributed by atoms with E-state index in [0.717, 1.165) is 23.9 Å². The fourth-order valence-corrected chi connectivity index (χ4v) is 3.10. The zero-order valence-corrected chi connectivity index (χ0v) is 14.4. The van der Waals surface area contributed by atoms with Gasteiger partial charge in [-0.25, -0.2) is 4.99 Å². The molecule has 0 saturated heterocycles. The number of thioether (sulfide) groups is 1. The van der Waals surface area contributed by atoms with Crippen LogP contribution in [-0.4, -0.2) is 5.17 Å². The Morgan fingerprint density at radius 1 is 0.920 bits per heavy atom. The molecule has 1 heterocycles. The van der Waals surface area contributed by atoms with Gasteiger partial charge in [0.2, 0.25) is 0 Å².